The molecule has 1 amide bonds. The van der Waals surface area contributed by atoms with Crippen LogP contribution in [0.2, 0.25) is 0 Å². The second kappa shape index (κ2) is 7.82. The fraction of sp³-hybridized carbons (Fsp3) is 0.192. The maximum atomic E-state index is 13.9. The lowest BCUT2D eigenvalue weighted by Gasteiger charge is -2.44. The Morgan fingerprint density at radius 2 is 1.63 bits per heavy atom. The summed E-state index contributed by atoms with van der Waals surface area (Å²) in [6.45, 7) is 2.04. The summed E-state index contributed by atoms with van der Waals surface area (Å²) in [7, 11) is 0. The fourth-order valence-electron chi connectivity index (χ4n) is 4.81. The molecule has 1 aliphatic heterocycles. The number of anilines is 1. The van der Waals surface area contributed by atoms with Crippen molar-refractivity contribution in [2.45, 2.75) is 25.3 Å². The van der Waals surface area contributed by atoms with E-state index in [1.807, 2.05) is 42.2 Å². The topological polar surface area (TPSA) is 20.3 Å². The molecule has 3 aromatic carbocycles. The molecule has 0 N–H and O–H groups in total. The SMILES string of the molecule is Cc1ccc(C(=O)N2c3ccc(Br)cc3[C@@H]3C=CC[C@@H]3[C@@H]2c2ccc(Br)cc2)cc1. The first-order chi connectivity index (χ1) is 14.5. The van der Waals surface area contributed by atoms with E-state index in [4.69, 9.17) is 0 Å². The molecule has 5 rings (SSSR count). The Morgan fingerprint density at radius 3 is 2.37 bits per heavy atom. The lowest BCUT2D eigenvalue weighted by atomic mass is 9.75. The van der Waals surface area contributed by atoms with Crippen LogP contribution in [0.1, 0.15) is 45.4 Å². The number of rotatable bonds is 2. The van der Waals surface area contributed by atoms with Gasteiger partial charge in [-0.3, -0.25) is 4.79 Å². The van der Waals surface area contributed by atoms with Gasteiger partial charge in [0.2, 0.25) is 0 Å². The van der Waals surface area contributed by atoms with Crippen molar-refractivity contribution >= 4 is 43.5 Å². The van der Waals surface area contributed by atoms with Crippen molar-refractivity contribution in [2.24, 2.45) is 5.92 Å². The summed E-state index contributed by atoms with van der Waals surface area (Å²) in [6, 6.07) is 22.6. The Balaban J connectivity index is 1.70. The molecule has 30 heavy (non-hydrogen) atoms. The second-order valence-electron chi connectivity index (χ2n) is 8.09. The molecule has 0 fully saturated rings. The van der Waals surface area contributed by atoms with Crippen LogP contribution in [0.15, 0.2) is 87.8 Å². The number of hydrogen-bond acceptors (Lipinski definition) is 1. The smallest absolute Gasteiger partial charge is 0.258 e. The molecule has 0 saturated carbocycles. The van der Waals surface area contributed by atoms with Gasteiger partial charge in [0.05, 0.1) is 6.04 Å². The highest BCUT2D eigenvalue weighted by molar-refractivity contribution is 9.10. The van der Waals surface area contributed by atoms with Crippen LogP contribution in [-0.2, 0) is 0 Å². The number of carbonyl (C=O) groups excluding carboxylic acids is 1. The van der Waals surface area contributed by atoms with Crippen molar-refractivity contribution in [1.82, 2.24) is 0 Å². The minimum atomic E-state index is -0.0134. The summed E-state index contributed by atoms with van der Waals surface area (Å²) in [5.74, 6) is 0.687. The molecule has 2 aliphatic rings. The minimum Gasteiger partial charge on any atom is -0.300 e. The molecule has 1 aliphatic carbocycles. The first kappa shape index (κ1) is 19.8. The number of nitrogens with zero attached hydrogens (tertiary/aromatic N) is 1. The van der Waals surface area contributed by atoms with Crippen LogP contribution < -0.4 is 4.90 Å². The third kappa shape index (κ3) is 3.36. The van der Waals surface area contributed by atoms with Crippen molar-refractivity contribution in [3.8, 4) is 0 Å². The molecule has 3 aromatic rings. The van der Waals surface area contributed by atoms with E-state index in [2.05, 4.69) is 80.4 Å². The first-order valence-electron chi connectivity index (χ1n) is 10.1. The number of aryl methyl sites for hydroxylation is 1. The van der Waals surface area contributed by atoms with Crippen LogP contribution in [0.5, 0.6) is 0 Å². The Kier molecular flexibility index (Phi) is 5.16. The largest absolute Gasteiger partial charge is 0.300 e. The summed E-state index contributed by atoms with van der Waals surface area (Å²) >= 11 is 7.18. The van der Waals surface area contributed by atoms with Gasteiger partial charge in [-0.2, -0.15) is 0 Å². The van der Waals surface area contributed by atoms with Gasteiger partial charge in [0.25, 0.3) is 5.91 Å². The van der Waals surface area contributed by atoms with Crippen LogP contribution in [0.25, 0.3) is 0 Å². The summed E-state index contributed by atoms with van der Waals surface area (Å²) < 4.78 is 2.09. The Labute approximate surface area is 193 Å². The zero-order valence-electron chi connectivity index (χ0n) is 16.6. The van der Waals surface area contributed by atoms with Crippen LogP contribution in [0, 0.1) is 12.8 Å². The number of allylic oxidation sites excluding steroid dienone is 2. The molecular formula is C26H21Br2NO. The van der Waals surface area contributed by atoms with E-state index >= 15 is 0 Å². The maximum Gasteiger partial charge on any atom is 0.258 e. The quantitative estimate of drug-likeness (QED) is 0.317. The fourth-order valence-corrected chi connectivity index (χ4v) is 5.45. The molecule has 4 heteroatoms. The van der Waals surface area contributed by atoms with Crippen LogP contribution in [0.4, 0.5) is 5.69 Å². The molecule has 0 unspecified atom stereocenters. The lowest BCUT2D eigenvalue weighted by Crippen LogP contribution is -2.43. The normalized spacial score (nSPS) is 22.0. The van der Waals surface area contributed by atoms with Gasteiger partial charge in [0.15, 0.2) is 0 Å². The van der Waals surface area contributed by atoms with Gasteiger partial charge in [-0.25, -0.2) is 0 Å². The lowest BCUT2D eigenvalue weighted by molar-refractivity contribution is 0.0961. The molecule has 0 saturated heterocycles. The molecular weight excluding hydrogens is 502 g/mol. The highest BCUT2D eigenvalue weighted by Gasteiger charge is 2.44. The zero-order chi connectivity index (χ0) is 20.8. The third-order valence-electron chi connectivity index (χ3n) is 6.23. The van der Waals surface area contributed by atoms with E-state index in [0.29, 0.717) is 11.8 Å². The molecule has 150 valence electrons. The van der Waals surface area contributed by atoms with E-state index in [-0.39, 0.29) is 11.9 Å². The molecule has 0 spiro atoms. The average molecular weight is 523 g/mol. The molecule has 1 heterocycles. The summed E-state index contributed by atoms with van der Waals surface area (Å²) in [5, 5.41) is 0. The van der Waals surface area contributed by atoms with Crippen molar-refractivity contribution in [1.29, 1.82) is 0 Å². The Hall–Kier alpha value is -2.17. The van der Waals surface area contributed by atoms with E-state index in [9.17, 15) is 4.79 Å². The predicted octanol–water partition coefficient (Wildman–Crippen LogP) is 7.58. The molecule has 0 aromatic heterocycles. The van der Waals surface area contributed by atoms with Gasteiger partial charge >= 0.3 is 0 Å². The summed E-state index contributed by atoms with van der Waals surface area (Å²) in [4.78, 5) is 15.9. The zero-order valence-corrected chi connectivity index (χ0v) is 19.7. The number of halogens is 2. The van der Waals surface area contributed by atoms with Gasteiger partial charge in [-0.15, -0.1) is 0 Å². The van der Waals surface area contributed by atoms with Crippen LogP contribution in [0.3, 0.4) is 0 Å². The monoisotopic (exact) mass is 521 g/mol. The average Bonchev–Trinajstić information content (AvgIpc) is 3.23. The number of carbonyl (C=O) groups is 1. The second-order valence-corrected chi connectivity index (χ2v) is 9.93. The molecule has 3 atom stereocenters. The van der Waals surface area contributed by atoms with Crippen molar-refractivity contribution < 1.29 is 4.79 Å². The minimum absolute atomic E-state index is 0.0134. The third-order valence-corrected chi connectivity index (χ3v) is 7.26. The molecule has 2 nitrogen and oxygen atoms in total. The highest BCUT2D eigenvalue weighted by Crippen LogP contribution is 2.54. The van der Waals surface area contributed by atoms with E-state index in [1.165, 1.54) is 11.1 Å². The van der Waals surface area contributed by atoms with Crippen molar-refractivity contribution in [2.75, 3.05) is 4.90 Å². The standard InChI is InChI=1S/C26H21Br2NO/c1-16-5-7-18(8-6-16)26(30)29-24-14-13-20(28)15-23(24)21-3-2-4-22(21)25(29)17-9-11-19(27)12-10-17/h2-3,5-15,21-22,25H,4H2,1H3/t21-,22+,25+/m1/s1. The van der Waals surface area contributed by atoms with E-state index in [0.717, 1.165) is 32.2 Å². The van der Waals surface area contributed by atoms with Gasteiger partial charge in [-0.1, -0.05) is 73.8 Å². The highest BCUT2D eigenvalue weighted by atomic mass is 79.9. The van der Waals surface area contributed by atoms with E-state index < -0.39 is 0 Å². The van der Waals surface area contributed by atoms with Crippen LogP contribution in [-0.4, -0.2) is 5.91 Å². The van der Waals surface area contributed by atoms with Gasteiger partial charge in [0, 0.05) is 26.1 Å². The number of hydrogen-bond donors (Lipinski definition) is 0. The number of amides is 1. The van der Waals surface area contributed by atoms with Gasteiger partial charge < -0.3 is 4.90 Å². The van der Waals surface area contributed by atoms with Crippen LogP contribution >= 0.6 is 31.9 Å². The summed E-state index contributed by atoms with van der Waals surface area (Å²) in [5.41, 5.74) is 5.27. The maximum absolute atomic E-state index is 13.9. The number of benzene rings is 3. The Morgan fingerprint density at radius 1 is 0.933 bits per heavy atom. The predicted molar refractivity (Wildman–Crippen MR) is 129 cm³/mol. The number of fused-ring (bicyclic) bond motifs is 3. The van der Waals surface area contributed by atoms with Crippen molar-refractivity contribution in [3.63, 3.8) is 0 Å². The molecule has 0 bridgehead atoms. The summed E-state index contributed by atoms with van der Waals surface area (Å²) in [6.07, 6.45) is 5.55. The van der Waals surface area contributed by atoms with E-state index in [1.54, 1.807) is 0 Å². The Bertz CT molecular complexity index is 1130. The van der Waals surface area contributed by atoms with Crippen molar-refractivity contribution in [3.05, 3.63) is 110 Å². The molecule has 0 radical (unpaired) electrons. The first-order valence-corrected chi connectivity index (χ1v) is 11.7. The van der Waals surface area contributed by atoms with Gasteiger partial charge in [-0.05, 0) is 72.9 Å². The van der Waals surface area contributed by atoms with Gasteiger partial charge in [0.1, 0.15) is 0 Å².